The van der Waals surface area contributed by atoms with E-state index in [1.54, 1.807) is 0 Å². The van der Waals surface area contributed by atoms with E-state index in [4.69, 9.17) is 0 Å². The molecule has 0 spiro atoms. The van der Waals surface area contributed by atoms with Crippen LogP contribution in [0.25, 0.3) is 11.1 Å². The highest BCUT2D eigenvalue weighted by Gasteiger charge is 2.13. The molecule has 0 bridgehead atoms. The molecule has 3 nitrogen and oxygen atoms in total. The molecule has 0 radical (unpaired) electrons. The van der Waals surface area contributed by atoms with Crippen LogP contribution >= 0.6 is 0 Å². The minimum Gasteiger partial charge on any atom is -0.381 e. The lowest BCUT2D eigenvalue weighted by Crippen LogP contribution is -2.43. The second-order valence-corrected chi connectivity index (χ2v) is 7.70. The standard InChI is InChI=1S/C25H29N3/c1-27-14-16-28(17-15-27)20-22-6-5-9-25(18-22)26-19-21-10-12-24(13-11-21)23-7-3-2-4-8-23/h2-13,18,26H,14-17,19-20H2,1H3. The summed E-state index contributed by atoms with van der Waals surface area (Å²) in [6, 6.07) is 28.2. The van der Waals surface area contributed by atoms with Gasteiger partial charge in [-0.15, -0.1) is 0 Å². The Balaban J connectivity index is 1.33. The maximum absolute atomic E-state index is 3.58. The highest BCUT2D eigenvalue weighted by Crippen LogP contribution is 2.20. The van der Waals surface area contributed by atoms with Crippen LogP contribution in [-0.2, 0) is 13.1 Å². The Hall–Kier alpha value is -2.62. The van der Waals surface area contributed by atoms with E-state index in [9.17, 15) is 0 Å². The molecule has 0 unspecified atom stereocenters. The summed E-state index contributed by atoms with van der Waals surface area (Å²) in [5, 5.41) is 3.58. The molecular formula is C25H29N3. The largest absolute Gasteiger partial charge is 0.381 e. The molecule has 1 aliphatic heterocycles. The van der Waals surface area contributed by atoms with Gasteiger partial charge in [0.2, 0.25) is 0 Å². The summed E-state index contributed by atoms with van der Waals surface area (Å²) in [7, 11) is 2.20. The average molecular weight is 372 g/mol. The van der Waals surface area contributed by atoms with Crippen LogP contribution in [-0.4, -0.2) is 43.0 Å². The molecule has 1 saturated heterocycles. The minimum atomic E-state index is 0.840. The number of rotatable bonds is 6. The van der Waals surface area contributed by atoms with Crippen LogP contribution in [0.4, 0.5) is 5.69 Å². The van der Waals surface area contributed by atoms with Gasteiger partial charge in [0, 0.05) is 45.0 Å². The summed E-state index contributed by atoms with van der Waals surface area (Å²) < 4.78 is 0. The first-order valence-corrected chi connectivity index (χ1v) is 10.1. The fourth-order valence-electron chi connectivity index (χ4n) is 3.69. The third kappa shape index (κ3) is 5.00. The van der Waals surface area contributed by atoms with E-state index in [-0.39, 0.29) is 0 Å². The molecule has 0 aliphatic carbocycles. The van der Waals surface area contributed by atoms with E-state index in [0.717, 1.165) is 39.3 Å². The first kappa shape index (κ1) is 18.7. The number of anilines is 1. The van der Waals surface area contributed by atoms with Gasteiger partial charge in [-0.25, -0.2) is 0 Å². The van der Waals surface area contributed by atoms with Crippen LogP contribution in [0.2, 0.25) is 0 Å². The lowest BCUT2D eigenvalue weighted by atomic mass is 10.0. The zero-order valence-electron chi connectivity index (χ0n) is 16.6. The molecule has 3 aromatic rings. The molecule has 0 saturated carbocycles. The summed E-state index contributed by atoms with van der Waals surface area (Å²) in [6.45, 7) is 6.51. The molecule has 3 aromatic carbocycles. The number of likely N-dealkylation sites (N-methyl/N-ethyl adjacent to an activating group) is 1. The average Bonchev–Trinajstić information content (AvgIpc) is 2.75. The van der Waals surface area contributed by atoms with Gasteiger partial charge in [-0.05, 0) is 41.4 Å². The molecule has 28 heavy (non-hydrogen) atoms. The molecule has 4 rings (SSSR count). The number of hydrogen-bond donors (Lipinski definition) is 1. The van der Waals surface area contributed by atoms with Crippen molar-refractivity contribution in [3.8, 4) is 11.1 Å². The van der Waals surface area contributed by atoms with Crippen molar-refractivity contribution in [2.24, 2.45) is 0 Å². The van der Waals surface area contributed by atoms with Crippen molar-refractivity contribution < 1.29 is 0 Å². The molecule has 144 valence electrons. The smallest absolute Gasteiger partial charge is 0.0400 e. The quantitative estimate of drug-likeness (QED) is 0.677. The Morgan fingerprint density at radius 2 is 1.43 bits per heavy atom. The van der Waals surface area contributed by atoms with E-state index in [0.29, 0.717) is 0 Å². The number of hydrogen-bond acceptors (Lipinski definition) is 3. The topological polar surface area (TPSA) is 18.5 Å². The highest BCUT2D eigenvalue weighted by molar-refractivity contribution is 5.63. The first-order chi connectivity index (χ1) is 13.8. The Morgan fingerprint density at radius 3 is 2.18 bits per heavy atom. The van der Waals surface area contributed by atoms with Gasteiger partial charge in [-0.1, -0.05) is 66.7 Å². The van der Waals surface area contributed by atoms with Crippen LogP contribution in [0.1, 0.15) is 11.1 Å². The van der Waals surface area contributed by atoms with Crippen molar-refractivity contribution >= 4 is 5.69 Å². The summed E-state index contributed by atoms with van der Waals surface area (Å²) in [4.78, 5) is 4.94. The van der Waals surface area contributed by atoms with Crippen molar-refractivity contribution in [3.05, 3.63) is 90.0 Å². The monoisotopic (exact) mass is 371 g/mol. The molecule has 1 heterocycles. The molecule has 3 heteroatoms. The molecule has 1 fully saturated rings. The van der Waals surface area contributed by atoms with E-state index in [1.807, 2.05) is 0 Å². The maximum Gasteiger partial charge on any atom is 0.0400 e. The van der Waals surface area contributed by atoms with Crippen LogP contribution in [0, 0.1) is 0 Å². The number of piperazine rings is 1. The van der Waals surface area contributed by atoms with E-state index >= 15 is 0 Å². The normalized spacial score (nSPS) is 15.5. The Kier molecular flexibility index (Phi) is 6.05. The fourth-order valence-corrected chi connectivity index (χ4v) is 3.69. The highest BCUT2D eigenvalue weighted by atomic mass is 15.2. The van der Waals surface area contributed by atoms with Gasteiger partial charge in [0.1, 0.15) is 0 Å². The lowest BCUT2D eigenvalue weighted by molar-refractivity contribution is 0.148. The van der Waals surface area contributed by atoms with Crippen molar-refractivity contribution in [2.75, 3.05) is 38.5 Å². The summed E-state index contributed by atoms with van der Waals surface area (Å²) in [5.41, 5.74) is 6.40. The fraction of sp³-hybridized carbons (Fsp3) is 0.280. The summed E-state index contributed by atoms with van der Waals surface area (Å²) >= 11 is 0. The SMILES string of the molecule is CN1CCN(Cc2cccc(NCc3ccc(-c4ccccc4)cc3)c2)CC1. The maximum atomic E-state index is 3.58. The second-order valence-electron chi connectivity index (χ2n) is 7.70. The van der Waals surface area contributed by atoms with Gasteiger partial charge in [0.15, 0.2) is 0 Å². The van der Waals surface area contributed by atoms with Crippen molar-refractivity contribution in [2.45, 2.75) is 13.1 Å². The van der Waals surface area contributed by atoms with Gasteiger partial charge in [-0.3, -0.25) is 4.90 Å². The Labute approximate surface area is 168 Å². The second kappa shape index (κ2) is 9.05. The Bertz CT molecular complexity index is 866. The zero-order chi connectivity index (χ0) is 19.2. The van der Waals surface area contributed by atoms with E-state index in [1.165, 1.54) is 27.9 Å². The van der Waals surface area contributed by atoms with Crippen molar-refractivity contribution in [1.82, 2.24) is 9.80 Å². The van der Waals surface area contributed by atoms with Crippen LogP contribution < -0.4 is 5.32 Å². The summed E-state index contributed by atoms with van der Waals surface area (Å²) in [6.07, 6.45) is 0. The predicted molar refractivity (Wildman–Crippen MR) is 118 cm³/mol. The molecule has 0 aromatic heterocycles. The summed E-state index contributed by atoms with van der Waals surface area (Å²) in [5.74, 6) is 0. The predicted octanol–water partition coefficient (Wildman–Crippen LogP) is 4.71. The third-order valence-electron chi connectivity index (χ3n) is 5.49. The van der Waals surface area contributed by atoms with Gasteiger partial charge >= 0.3 is 0 Å². The number of nitrogens with zero attached hydrogens (tertiary/aromatic N) is 2. The lowest BCUT2D eigenvalue weighted by Gasteiger charge is -2.32. The molecular weight excluding hydrogens is 342 g/mol. The first-order valence-electron chi connectivity index (χ1n) is 10.1. The van der Waals surface area contributed by atoms with Gasteiger partial charge in [0.05, 0.1) is 0 Å². The van der Waals surface area contributed by atoms with Crippen molar-refractivity contribution in [3.63, 3.8) is 0 Å². The van der Waals surface area contributed by atoms with E-state index < -0.39 is 0 Å². The number of nitrogens with one attached hydrogen (secondary N) is 1. The van der Waals surface area contributed by atoms with Gasteiger partial charge in [0.25, 0.3) is 0 Å². The van der Waals surface area contributed by atoms with E-state index in [2.05, 4.69) is 101 Å². The Morgan fingerprint density at radius 1 is 0.714 bits per heavy atom. The molecule has 0 atom stereocenters. The molecule has 1 N–H and O–H groups in total. The molecule has 0 amide bonds. The van der Waals surface area contributed by atoms with Crippen LogP contribution in [0.15, 0.2) is 78.9 Å². The minimum absolute atomic E-state index is 0.840. The number of benzene rings is 3. The van der Waals surface area contributed by atoms with Gasteiger partial charge in [-0.2, -0.15) is 0 Å². The zero-order valence-corrected chi connectivity index (χ0v) is 16.6. The van der Waals surface area contributed by atoms with Crippen molar-refractivity contribution in [1.29, 1.82) is 0 Å². The van der Waals surface area contributed by atoms with Crippen LogP contribution in [0.3, 0.4) is 0 Å². The molecule has 1 aliphatic rings. The van der Waals surface area contributed by atoms with Gasteiger partial charge < -0.3 is 10.2 Å². The van der Waals surface area contributed by atoms with Crippen LogP contribution in [0.5, 0.6) is 0 Å². The third-order valence-corrected chi connectivity index (χ3v) is 5.49.